The van der Waals surface area contributed by atoms with Crippen molar-refractivity contribution >= 4 is 14.1 Å². The number of hydrogen-bond acceptors (Lipinski definition) is 3. The summed E-state index contributed by atoms with van der Waals surface area (Å²) in [5.74, 6) is 0.0948. The Balaban J connectivity index is 1.93. The summed E-state index contributed by atoms with van der Waals surface area (Å²) in [4.78, 5) is 12.8. The molecule has 0 saturated carbocycles. The first-order valence-corrected chi connectivity index (χ1v) is 14.4. The predicted octanol–water partition coefficient (Wildman–Crippen LogP) is 6.35. The lowest BCUT2D eigenvalue weighted by Gasteiger charge is -2.39. The van der Waals surface area contributed by atoms with Gasteiger partial charge < -0.3 is 9.53 Å². The lowest BCUT2D eigenvalue weighted by molar-refractivity contribution is -0.122. The zero-order valence-corrected chi connectivity index (χ0v) is 20.9. The van der Waals surface area contributed by atoms with E-state index >= 15 is 0 Å². The maximum absolute atomic E-state index is 12.8. The van der Waals surface area contributed by atoms with E-state index in [4.69, 9.17) is 4.43 Å². The van der Waals surface area contributed by atoms with Crippen molar-refractivity contribution in [3.8, 4) is 0 Å². The van der Waals surface area contributed by atoms with E-state index in [2.05, 4.69) is 58.1 Å². The maximum atomic E-state index is 12.8. The van der Waals surface area contributed by atoms with Gasteiger partial charge in [0.1, 0.15) is 5.78 Å². The van der Waals surface area contributed by atoms with Crippen LogP contribution in [0.5, 0.6) is 0 Å². The number of aliphatic hydroxyl groups is 1. The fraction of sp³-hybridized carbons (Fsp3) is 0.519. The van der Waals surface area contributed by atoms with Crippen LogP contribution < -0.4 is 0 Å². The highest BCUT2D eigenvalue weighted by Gasteiger charge is 2.39. The molecular weight excluding hydrogens is 400 g/mol. The van der Waals surface area contributed by atoms with E-state index < -0.39 is 14.4 Å². The Labute approximate surface area is 190 Å². The number of rotatable bonds is 12. The maximum Gasteiger partial charge on any atom is 0.192 e. The van der Waals surface area contributed by atoms with Gasteiger partial charge in [0.05, 0.1) is 12.2 Å². The van der Waals surface area contributed by atoms with Crippen LogP contribution in [-0.2, 0) is 22.1 Å². The molecular formula is C27H40O3Si. The first kappa shape index (κ1) is 25.5. The lowest BCUT2D eigenvalue weighted by Crippen LogP contribution is -2.44. The van der Waals surface area contributed by atoms with Gasteiger partial charge in [-0.25, -0.2) is 0 Å². The standard InChI is InChI=1S/C27H40O3Si/c1-27(2,3)31(4,5)30-26(19-17-23-14-10-7-11-15-23)21-25(29)20-24(28)18-16-22-12-8-6-9-13-22/h6-15,24,26,28H,16-21H2,1-5H3/t24-,26+/m0/s1. The summed E-state index contributed by atoms with van der Waals surface area (Å²) >= 11 is 0. The predicted molar refractivity (Wildman–Crippen MR) is 132 cm³/mol. The molecule has 0 saturated heterocycles. The van der Waals surface area contributed by atoms with E-state index in [0.29, 0.717) is 12.8 Å². The van der Waals surface area contributed by atoms with Crippen LogP contribution in [0.15, 0.2) is 60.7 Å². The molecule has 4 heteroatoms. The van der Waals surface area contributed by atoms with Crippen LogP contribution in [0.1, 0.15) is 57.6 Å². The largest absolute Gasteiger partial charge is 0.413 e. The molecule has 0 aliphatic carbocycles. The quantitative estimate of drug-likeness (QED) is 0.391. The van der Waals surface area contributed by atoms with Crippen molar-refractivity contribution in [2.24, 2.45) is 0 Å². The molecule has 2 rings (SSSR count). The number of Topliss-reactive ketones (excluding diaryl/α,β-unsaturated/α-hetero) is 1. The van der Waals surface area contributed by atoms with Crippen LogP contribution in [0.2, 0.25) is 18.1 Å². The molecule has 31 heavy (non-hydrogen) atoms. The first-order chi connectivity index (χ1) is 14.6. The molecule has 2 aromatic carbocycles. The number of aryl methyl sites for hydroxylation is 2. The summed E-state index contributed by atoms with van der Waals surface area (Å²) in [6.07, 6.45) is 2.98. The lowest BCUT2D eigenvalue weighted by atomic mass is 9.99. The van der Waals surface area contributed by atoms with Gasteiger partial charge in [0.15, 0.2) is 8.32 Å². The van der Waals surface area contributed by atoms with Crippen molar-refractivity contribution in [1.29, 1.82) is 0 Å². The molecule has 3 nitrogen and oxygen atoms in total. The van der Waals surface area contributed by atoms with Crippen molar-refractivity contribution in [3.05, 3.63) is 71.8 Å². The highest BCUT2D eigenvalue weighted by atomic mass is 28.4. The number of carbonyl (C=O) groups excluding carboxylic acids is 1. The van der Waals surface area contributed by atoms with Gasteiger partial charge in [-0.3, -0.25) is 4.79 Å². The Bertz CT molecular complexity index is 781. The van der Waals surface area contributed by atoms with Crippen LogP contribution in [0.3, 0.4) is 0 Å². The highest BCUT2D eigenvalue weighted by molar-refractivity contribution is 6.74. The van der Waals surface area contributed by atoms with Gasteiger partial charge in [0.25, 0.3) is 0 Å². The van der Waals surface area contributed by atoms with E-state index in [0.717, 1.165) is 19.3 Å². The molecule has 1 N–H and O–H groups in total. The molecule has 0 aliphatic rings. The molecule has 0 aromatic heterocycles. The van der Waals surface area contributed by atoms with Crippen molar-refractivity contribution in [1.82, 2.24) is 0 Å². The number of aliphatic hydroxyl groups excluding tert-OH is 1. The summed E-state index contributed by atoms with van der Waals surface area (Å²) in [5.41, 5.74) is 2.46. The van der Waals surface area contributed by atoms with Crippen LogP contribution in [0.4, 0.5) is 0 Å². The Morgan fingerprint density at radius 2 is 1.35 bits per heavy atom. The summed E-state index contributed by atoms with van der Waals surface area (Å²) in [6.45, 7) is 11.2. The minimum atomic E-state index is -1.99. The zero-order chi connectivity index (χ0) is 22.9. The molecule has 0 bridgehead atoms. The fourth-order valence-electron chi connectivity index (χ4n) is 3.45. The molecule has 0 radical (unpaired) electrons. The summed E-state index contributed by atoms with van der Waals surface area (Å²) < 4.78 is 6.64. The second-order valence-electron chi connectivity index (χ2n) is 10.1. The SMILES string of the molecule is CC(C)(C)[Si](C)(C)O[C@H](CCc1ccccc1)CC(=O)C[C@@H](O)CCc1ccccc1. The average Bonchev–Trinajstić information content (AvgIpc) is 2.71. The Morgan fingerprint density at radius 3 is 1.84 bits per heavy atom. The third kappa shape index (κ3) is 9.10. The molecule has 170 valence electrons. The second-order valence-corrected chi connectivity index (χ2v) is 14.9. The number of benzene rings is 2. The monoisotopic (exact) mass is 440 g/mol. The Hall–Kier alpha value is -1.75. The molecule has 0 fully saturated rings. The van der Waals surface area contributed by atoms with Crippen LogP contribution in [0.25, 0.3) is 0 Å². The smallest absolute Gasteiger partial charge is 0.192 e. The zero-order valence-electron chi connectivity index (χ0n) is 19.9. The molecule has 0 spiro atoms. The fourth-order valence-corrected chi connectivity index (χ4v) is 4.84. The minimum absolute atomic E-state index is 0.0935. The van der Waals surface area contributed by atoms with E-state index in [1.807, 2.05) is 36.4 Å². The Kier molecular flexibility index (Phi) is 9.67. The average molecular weight is 441 g/mol. The van der Waals surface area contributed by atoms with Gasteiger partial charge in [-0.1, -0.05) is 81.4 Å². The molecule has 0 heterocycles. The van der Waals surface area contributed by atoms with Gasteiger partial charge >= 0.3 is 0 Å². The van der Waals surface area contributed by atoms with Gasteiger partial charge in [-0.15, -0.1) is 0 Å². The van der Waals surface area contributed by atoms with Crippen molar-refractivity contribution < 1.29 is 14.3 Å². The van der Waals surface area contributed by atoms with Crippen molar-refractivity contribution in [2.45, 2.75) is 89.6 Å². The van der Waals surface area contributed by atoms with E-state index in [9.17, 15) is 9.90 Å². The second kappa shape index (κ2) is 11.7. The summed E-state index contributed by atoms with van der Waals surface area (Å²) in [7, 11) is -1.99. The molecule has 0 unspecified atom stereocenters. The normalized spacial score (nSPS) is 14.3. The molecule has 0 amide bonds. The molecule has 0 aliphatic heterocycles. The topological polar surface area (TPSA) is 46.5 Å². The first-order valence-electron chi connectivity index (χ1n) is 11.5. The van der Waals surface area contributed by atoms with Crippen LogP contribution in [0, 0.1) is 0 Å². The van der Waals surface area contributed by atoms with E-state index in [-0.39, 0.29) is 23.3 Å². The van der Waals surface area contributed by atoms with E-state index in [1.165, 1.54) is 11.1 Å². The van der Waals surface area contributed by atoms with Gasteiger partial charge in [-0.2, -0.15) is 0 Å². The minimum Gasteiger partial charge on any atom is -0.413 e. The van der Waals surface area contributed by atoms with Crippen molar-refractivity contribution in [3.63, 3.8) is 0 Å². The summed E-state index contributed by atoms with van der Waals surface area (Å²) in [5, 5.41) is 10.5. The third-order valence-corrected chi connectivity index (χ3v) is 10.9. The Morgan fingerprint density at radius 1 is 0.871 bits per heavy atom. The number of carbonyl (C=O) groups is 1. The van der Waals surface area contributed by atoms with Gasteiger partial charge in [-0.05, 0) is 54.9 Å². The van der Waals surface area contributed by atoms with E-state index in [1.54, 1.807) is 0 Å². The van der Waals surface area contributed by atoms with Crippen LogP contribution >= 0.6 is 0 Å². The van der Waals surface area contributed by atoms with Crippen molar-refractivity contribution in [2.75, 3.05) is 0 Å². The number of hydrogen-bond donors (Lipinski definition) is 1. The molecule has 2 aromatic rings. The number of ketones is 1. The third-order valence-electron chi connectivity index (χ3n) is 6.39. The molecule has 2 atom stereocenters. The van der Waals surface area contributed by atoms with Gasteiger partial charge in [0.2, 0.25) is 0 Å². The van der Waals surface area contributed by atoms with Crippen LogP contribution in [-0.4, -0.2) is 31.4 Å². The summed E-state index contributed by atoms with van der Waals surface area (Å²) in [6, 6.07) is 20.5. The van der Waals surface area contributed by atoms with Gasteiger partial charge in [0, 0.05) is 12.8 Å². The highest BCUT2D eigenvalue weighted by Crippen LogP contribution is 2.38.